The zero-order valence-corrected chi connectivity index (χ0v) is 12.0. The molecule has 0 aliphatic heterocycles. The van der Waals surface area contributed by atoms with Gasteiger partial charge in [-0.2, -0.15) is 0 Å². The van der Waals surface area contributed by atoms with Crippen molar-refractivity contribution in [2.75, 3.05) is 6.61 Å². The molecule has 1 aromatic carbocycles. The highest BCUT2D eigenvalue weighted by atomic mass is 16.5. The Labute approximate surface area is 118 Å². The quantitative estimate of drug-likeness (QED) is 0.407. The summed E-state index contributed by atoms with van der Waals surface area (Å²) in [4.78, 5) is 11.4. The van der Waals surface area contributed by atoms with Crippen LogP contribution in [0.2, 0.25) is 0 Å². The van der Waals surface area contributed by atoms with Crippen LogP contribution < -0.4 is 5.46 Å². The van der Waals surface area contributed by atoms with Gasteiger partial charge in [-0.15, -0.1) is 0 Å². The van der Waals surface area contributed by atoms with Gasteiger partial charge in [-0.05, 0) is 31.7 Å². The summed E-state index contributed by atoms with van der Waals surface area (Å²) in [5.41, 5.74) is 2.14. The minimum absolute atomic E-state index is 0.0245. The number of benzene rings is 1. The normalized spacial score (nSPS) is 12.1. The largest absolute Gasteiger partial charge is 0.466 e. The molecule has 1 atom stereocenters. The van der Waals surface area contributed by atoms with E-state index in [1.807, 2.05) is 26.0 Å². The number of unbranched alkanes of at least 4 members (excludes halogenated alkanes) is 2. The molecule has 0 aromatic heterocycles. The van der Waals surface area contributed by atoms with Crippen molar-refractivity contribution in [1.82, 2.24) is 0 Å². The number of aryl methyl sites for hydroxylation is 1. The summed E-state index contributed by atoms with van der Waals surface area (Å²) in [6.07, 6.45) is 5.37. The molecular weight excluding hydrogens is 235 g/mol. The van der Waals surface area contributed by atoms with Crippen molar-refractivity contribution >= 4 is 19.3 Å². The fraction of sp³-hybridized carbons (Fsp3) is 0.562. The highest BCUT2D eigenvalue weighted by Crippen LogP contribution is 2.13. The van der Waals surface area contributed by atoms with Crippen molar-refractivity contribution < 1.29 is 9.53 Å². The molecule has 2 nitrogen and oxygen atoms in total. The molecule has 19 heavy (non-hydrogen) atoms. The smallest absolute Gasteiger partial charge is 0.308 e. The van der Waals surface area contributed by atoms with Crippen LogP contribution >= 0.6 is 0 Å². The summed E-state index contributed by atoms with van der Waals surface area (Å²) in [6.45, 7) is 4.26. The lowest BCUT2D eigenvalue weighted by atomic mass is 9.94. The molecule has 0 saturated carbocycles. The topological polar surface area (TPSA) is 26.3 Å². The van der Waals surface area contributed by atoms with Crippen LogP contribution in [0.1, 0.15) is 45.1 Å². The summed E-state index contributed by atoms with van der Waals surface area (Å²) in [7, 11) is 5.65. The van der Waals surface area contributed by atoms with Crippen LogP contribution in [0, 0.1) is 5.92 Å². The minimum Gasteiger partial charge on any atom is -0.466 e. The molecule has 2 radical (unpaired) electrons. The molecule has 0 aliphatic rings. The van der Waals surface area contributed by atoms with Crippen molar-refractivity contribution in [3.05, 3.63) is 29.8 Å². The summed E-state index contributed by atoms with van der Waals surface area (Å²) >= 11 is 0. The van der Waals surface area contributed by atoms with Crippen molar-refractivity contribution in [3.8, 4) is 0 Å². The van der Waals surface area contributed by atoms with E-state index < -0.39 is 0 Å². The van der Waals surface area contributed by atoms with Crippen LogP contribution in [0.15, 0.2) is 24.3 Å². The number of hydrogen-bond acceptors (Lipinski definition) is 2. The summed E-state index contributed by atoms with van der Waals surface area (Å²) in [5.74, 6) is -0.0440. The lowest BCUT2D eigenvalue weighted by molar-refractivity contribution is -0.147. The Morgan fingerprint density at radius 3 is 2.53 bits per heavy atom. The molecule has 3 heteroatoms. The fourth-order valence-corrected chi connectivity index (χ4v) is 2.04. The van der Waals surface area contributed by atoms with Crippen molar-refractivity contribution in [2.24, 2.45) is 5.92 Å². The van der Waals surface area contributed by atoms with E-state index in [0.717, 1.165) is 37.6 Å². The van der Waals surface area contributed by atoms with Gasteiger partial charge >= 0.3 is 5.97 Å². The Morgan fingerprint density at radius 1 is 1.21 bits per heavy atom. The maximum absolute atomic E-state index is 11.4. The zero-order valence-electron chi connectivity index (χ0n) is 12.0. The van der Waals surface area contributed by atoms with Crippen molar-refractivity contribution in [3.63, 3.8) is 0 Å². The van der Waals surface area contributed by atoms with Gasteiger partial charge in [-0.1, -0.05) is 49.5 Å². The van der Waals surface area contributed by atoms with Crippen LogP contribution in [0.5, 0.6) is 0 Å². The summed E-state index contributed by atoms with van der Waals surface area (Å²) in [5, 5.41) is 0. The Morgan fingerprint density at radius 2 is 1.89 bits per heavy atom. The van der Waals surface area contributed by atoms with Crippen molar-refractivity contribution in [1.29, 1.82) is 0 Å². The molecule has 1 aromatic rings. The first-order valence-corrected chi connectivity index (χ1v) is 7.14. The van der Waals surface area contributed by atoms with Gasteiger partial charge < -0.3 is 4.74 Å². The van der Waals surface area contributed by atoms with E-state index in [0.29, 0.717) is 6.61 Å². The first kappa shape index (κ1) is 15.8. The molecule has 102 valence electrons. The third kappa shape index (κ3) is 6.46. The van der Waals surface area contributed by atoms with Gasteiger partial charge in [0, 0.05) is 0 Å². The van der Waals surface area contributed by atoms with Gasteiger partial charge in [0.1, 0.15) is 7.85 Å². The number of ether oxygens (including phenoxy) is 1. The van der Waals surface area contributed by atoms with Crippen molar-refractivity contribution in [2.45, 2.75) is 46.0 Å². The average molecular weight is 258 g/mol. The van der Waals surface area contributed by atoms with Gasteiger partial charge in [0.2, 0.25) is 0 Å². The molecule has 0 saturated heterocycles. The number of esters is 1. The van der Waals surface area contributed by atoms with Crippen LogP contribution in [0.4, 0.5) is 0 Å². The van der Waals surface area contributed by atoms with E-state index >= 15 is 0 Å². The zero-order chi connectivity index (χ0) is 14.1. The molecular formula is C16H23BO2. The summed E-state index contributed by atoms with van der Waals surface area (Å²) < 4.78 is 4.99. The average Bonchev–Trinajstić information content (AvgIpc) is 2.40. The Bertz CT molecular complexity index is 373. The van der Waals surface area contributed by atoms with E-state index in [1.165, 1.54) is 5.56 Å². The number of rotatable bonds is 8. The van der Waals surface area contributed by atoms with E-state index in [-0.39, 0.29) is 11.9 Å². The predicted octanol–water partition coefficient (Wildman–Crippen LogP) is 2.78. The summed E-state index contributed by atoms with van der Waals surface area (Å²) in [6, 6.07) is 8.05. The highest BCUT2D eigenvalue weighted by Gasteiger charge is 2.12. The monoisotopic (exact) mass is 258 g/mol. The van der Waals surface area contributed by atoms with Gasteiger partial charge in [-0.3, -0.25) is 4.79 Å². The van der Waals surface area contributed by atoms with Gasteiger partial charge in [0.15, 0.2) is 0 Å². The van der Waals surface area contributed by atoms with Crippen LogP contribution in [-0.2, 0) is 16.0 Å². The van der Waals surface area contributed by atoms with Crippen LogP contribution in [-0.4, -0.2) is 20.4 Å². The molecule has 0 N–H and O–H groups in total. The molecule has 1 unspecified atom stereocenters. The molecule has 0 fully saturated rings. The second-order valence-electron chi connectivity index (χ2n) is 4.99. The Kier molecular flexibility index (Phi) is 7.31. The first-order chi connectivity index (χ1) is 9.13. The van der Waals surface area contributed by atoms with Crippen LogP contribution in [0.3, 0.4) is 0 Å². The number of carbonyl (C=O) groups is 1. The second kappa shape index (κ2) is 8.79. The molecule has 0 bridgehead atoms. The number of carbonyl (C=O) groups excluding carboxylic acids is 1. The maximum Gasteiger partial charge on any atom is 0.308 e. The third-order valence-corrected chi connectivity index (χ3v) is 3.27. The first-order valence-electron chi connectivity index (χ1n) is 7.14. The van der Waals surface area contributed by atoms with E-state index in [4.69, 9.17) is 12.6 Å². The Balaban J connectivity index is 2.11. The van der Waals surface area contributed by atoms with Gasteiger partial charge in [0.25, 0.3) is 0 Å². The lowest BCUT2D eigenvalue weighted by Crippen LogP contribution is -2.14. The van der Waals surface area contributed by atoms with E-state index in [1.54, 1.807) is 0 Å². The number of hydrogen-bond donors (Lipinski definition) is 0. The maximum atomic E-state index is 11.4. The van der Waals surface area contributed by atoms with E-state index in [9.17, 15) is 4.79 Å². The minimum atomic E-state index is -0.0685. The second-order valence-corrected chi connectivity index (χ2v) is 4.99. The Hall–Kier alpha value is -1.25. The fourth-order valence-electron chi connectivity index (χ4n) is 2.04. The van der Waals surface area contributed by atoms with Gasteiger partial charge in [0.05, 0.1) is 12.5 Å². The standard InChI is InChI=1S/C16H23BO2/c1-3-19-16(18)13(2)7-5-4-6-8-14-9-11-15(17)12-10-14/h9-13H,3-8H2,1-2H3. The van der Waals surface area contributed by atoms with Crippen LogP contribution in [0.25, 0.3) is 0 Å². The third-order valence-electron chi connectivity index (χ3n) is 3.27. The molecule has 0 heterocycles. The molecule has 1 rings (SSSR count). The molecule has 0 amide bonds. The van der Waals surface area contributed by atoms with E-state index in [2.05, 4.69) is 12.1 Å². The molecule has 0 aliphatic carbocycles. The SMILES string of the molecule is [B]c1ccc(CCCCCC(C)C(=O)OCC)cc1. The lowest BCUT2D eigenvalue weighted by Gasteiger charge is -2.10. The highest BCUT2D eigenvalue weighted by molar-refractivity contribution is 6.32. The molecule has 0 spiro atoms. The predicted molar refractivity (Wildman–Crippen MR) is 79.8 cm³/mol. The van der Waals surface area contributed by atoms with Gasteiger partial charge in [-0.25, -0.2) is 0 Å².